The van der Waals surface area contributed by atoms with Crippen LogP contribution in [0.1, 0.15) is 22.3 Å². The zero-order chi connectivity index (χ0) is 13.2. The first-order chi connectivity index (χ1) is 8.75. The number of hydrogen-bond acceptors (Lipinski definition) is 4. The highest BCUT2D eigenvalue weighted by Gasteiger charge is 2.07. The highest BCUT2D eigenvalue weighted by Crippen LogP contribution is 2.08. The van der Waals surface area contributed by atoms with Crippen LogP contribution in [0, 0.1) is 0 Å². The molecule has 0 amide bonds. The lowest BCUT2D eigenvalue weighted by Crippen LogP contribution is -2.24. The molecular weight excluding hydrogens is 303 g/mol. The molecule has 4 N–H and O–H groups in total. The van der Waals surface area contributed by atoms with Crippen molar-refractivity contribution < 1.29 is 15.0 Å². The maximum atomic E-state index is 11.0. The molecule has 0 atom stereocenters. The van der Waals surface area contributed by atoms with E-state index < -0.39 is 5.97 Å². The molecule has 0 aromatic heterocycles. The highest BCUT2D eigenvalue weighted by atomic mass is 35.5. The largest absolute Gasteiger partial charge is 0.478 e. The number of carboxylic acid groups (broad SMARTS) is 1. The molecule has 20 heavy (non-hydrogen) atoms. The number of rotatable bonds is 9. The lowest BCUT2D eigenvalue weighted by atomic mass is 10.1. The molecule has 0 aliphatic heterocycles. The third-order valence-corrected chi connectivity index (χ3v) is 2.56. The molecule has 1 aromatic carbocycles. The molecule has 116 valence electrons. The normalized spacial score (nSPS) is 9.45. The van der Waals surface area contributed by atoms with E-state index in [0.717, 1.165) is 25.1 Å². The lowest BCUT2D eigenvalue weighted by molar-refractivity contribution is 0.0695. The van der Waals surface area contributed by atoms with Crippen molar-refractivity contribution in [3.8, 4) is 0 Å². The van der Waals surface area contributed by atoms with Gasteiger partial charge >= 0.3 is 5.97 Å². The van der Waals surface area contributed by atoms with E-state index in [0.29, 0.717) is 18.7 Å². The van der Waals surface area contributed by atoms with E-state index in [9.17, 15) is 4.79 Å². The minimum absolute atomic E-state index is 0. The van der Waals surface area contributed by atoms with Gasteiger partial charge in [-0.2, -0.15) is 0 Å². The van der Waals surface area contributed by atoms with Crippen LogP contribution in [0.15, 0.2) is 24.3 Å². The third-order valence-electron chi connectivity index (χ3n) is 2.56. The minimum Gasteiger partial charge on any atom is -0.478 e. The summed E-state index contributed by atoms with van der Waals surface area (Å²) in [6.07, 6.45) is 0.940. The van der Waals surface area contributed by atoms with Crippen LogP contribution in [-0.2, 0) is 6.54 Å². The van der Waals surface area contributed by atoms with Crippen molar-refractivity contribution in [3.05, 3.63) is 35.4 Å². The first kappa shape index (κ1) is 21.4. The summed E-state index contributed by atoms with van der Waals surface area (Å²) in [4.78, 5) is 11.0. The summed E-state index contributed by atoms with van der Waals surface area (Å²) in [7, 11) is 0. The van der Waals surface area contributed by atoms with Gasteiger partial charge in [-0.15, -0.1) is 24.8 Å². The van der Waals surface area contributed by atoms with Crippen molar-refractivity contribution in [1.29, 1.82) is 0 Å². The molecule has 0 saturated carbocycles. The topological polar surface area (TPSA) is 81.6 Å². The van der Waals surface area contributed by atoms with Crippen molar-refractivity contribution in [2.45, 2.75) is 13.0 Å². The first-order valence-corrected chi connectivity index (χ1v) is 6.09. The average molecular weight is 325 g/mol. The summed E-state index contributed by atoms with van der Waals surface area (Å²) in [5.74, 6) is -0.892. The zero-order valence-corrected chi connectivity index (χ0v) is 12.8. The van der Waals surface area contributed by atoms with Gasteiger partial charge in [-0.05, 0) is 31.1 Å². The molecule has 1 rings (SSSR count). The second-order valence-electron chi connectivity index (χ2n) is 3.97. The number of aromatic carboxylic acids is 1. The molecule has 7 heteroatoms. The number of benzene rings is 1. The Kier molecular flexibility index (Phi) is 14.1. The molecular formula is C13H22Cl2N2O3. The molecule has 0 unspecified atom stereocenters. The molecule has 0 aliphatic rings. The first-order valence-electron chi connectivity index (χ1n) is 6.09. The maximum Gasteiger partial charge on any atom is 0.336 e. The van der Waals surface area contributed by atoms with Crippen LogP contribution < -0.4 is 10.6 Å². The highest BCUT2D eigenvalue weighted by molar-refractivity contribution is 5.89. The van der Waals surface area contributed by atoms with E-state index in [4.69, 9.17) is 10.2 Å². The molecule has 0 bridgehead atoms. The second kappa shape index (κ2) is 13.1. The molecule has 1 aromatic rings. The van der Waals surface area contributed by atoms with E-state index in [1.807, 2.05) is 12.1 Å². The summed E-state index contributed by atoms with van der Waals surface area (Å²) in [6, 6.07) is 7.00. The fraction of sp³-hybridized carbons (Fsp3) is 0.462. The SMILES string of the molecule is Cl.Cl.O=C(O)c1ccccc1CNCCCNCCO. The van der Waals surface area contributed by atoms with E-state index in [-0.39, 0.29) is 31.4 Å². The quantitative estimate of drug-likeness (QED) is 0.515. The van der Waals surface area contributed by atoms with Crippen LogP contribution in [-0.4, -0.2) is 42.4 Å². The van der Waals surface area contributed by atoms with Crippen LogP contribution in [0.2, 0.25) is 0 Å². The summed E-state index contributed by atoms with van der Waals surface area (Å²) in [5.41, 5.74) is 1.15. The molecule has 0 saturated heterocycles. The van der Waals surface area contributed by atoms with Gasteiger partial charge in [0.1, 0.15) is 0 Å². The summed E-state index contributed by atoms with van der Waals surface area (Å²) < 4.78 is 0. The smallest absolute Gasteiger partial charge is 0.336 e. The average Bonchev–Trinajstić information content (AvgIpc) is 2.38. The number of carboxylic acids is 1. The Morgan fingerprint density at radius 1 is 1.05 bits per heavy atom. The Bertz CT molecular complexity index is 378. The van der Waals surface area contributed by atoms with E-state index in [2.05, 4.69) is 10.6 Å². The lowest BCUT2D eigenvalue weighted by Gasteiger charge is -2.08. The van der Waals surface area contributed by atoms with Crippen LogP contribution in [0.5, 0.6) is 0 Å². The molecule has 0 aliphatic carbocycles. The molecule has 5 nitrogen and oxygen atoms in total. The zero-order valence-electron chi connectivity index (χ0n) is 11.2. The van der Waals surface area contributed by atoms with Crippen molar-refractivity contribution in [1.82, 2.24) is 10.6 Å². The number of nitrogens with one attached hydrogen (secondary N) is 2. The van der Waals surface area contributed by atoms with Gasteiger partial charge in [-0.3, -0.25) is 0 Å². The fourth-order valence-corrected chi connectivity index (χ4v) is 1.65. The maximum absolute atomic E-state index is 11.0. The van der Waals surface area contributed by atoms with Crippen LogP contribution in [0.3, 0.4) is 0 Å². The standard InChI is InChI=1S/C13H20N2O3.2ClH/c16-9-8-14-6-3-7-15-10-11-4-1-2-5-12(11)13(17)18;;/h1-2,4-5,14-16H,3,6-10H2,(H,17,18);2*1H. The van der Waals surface area contributed by atoms with E-state index >= 15 is 0 Å². The van der Waals surface area contributed by atoms with Crippen molar-refractivity contribution in [3.63, 3.8) is 0 Å². The van der Waals surface area contributed by atoms with Crippen molar-refractivity contribution in [2.24, 2.45) is 0 Å². The minimum atomic E-state index is -0.892. The molecule has 0 fully saturated rings. The van der Waals surface area contributed by atoms with Gasteiger partial charge in [0, 0.05) is 13.1 Å². The van der Waals surface area contributed by atoms with Gasteiger partial charge in [-0.25, -0.2) is 4.79 Å². The summed E-state index contributed by atoms with van der Waals surface area (Å²) >= 11 is 0. The number of aliphatic hydroxyl groups excluding tert-OH is 1. The number of halogens is 2. The fourth-order valence-electron chi connectivity index (χ4n) is 1.65. The molecule has 0 heterocycles. The van der Waals surface area contributed by atoms with Crippen LogP contribution >= 0.6 is 24.8 Å². The van der Waals surface area contributed by atoms with Crippen molar-refractivity contribution >= 4 is 30.8 Å². The van der Waals surface area contributed by atoms with Gasteiger partial charge in [0.25, 0.3) is 0 Å². The second-order valence-corrected chi connectivity index (χ2v) is 3.97. The van der Waals surface area contributed by atoms with Crippen molar-refractivity contribution in [2.75, 3.05) is 26.2 Å². The predicted octanol–water partition coefficient (Wildman–Crippen LogP) is 1.29. The van der Waals surface area contributed by atoms with Gasteiger partial charge in [0.2, 0.25) is 0 Å². The van der Waals surface area contributed by atoms with Crippen LogP contribution in [0.25, 0.3) is 0 Å². The Balaban J connectivity index is 0. The molecule has 0 spiro atoms. The number of aliphatic hydroxyl groups is 1. The van der Waals surface area contributed by atoms with Gasteiger partial charge < -0.3 is 20.8 Å². The van der Waals surface area contributed by atoms with Crippen LogP contribution in [0.4, 0.5) is 0 Å². The Hall–Kier alpha value is -0.850. The van der Waals surface area contributed by atoms with Gasteiger partial charge in [-0.1, -0.05) is 18.2 Å². The number of hydrogen-bond donors (Lipinski definition) is 4. The van der Waals surface area contributed by atoms with E-state index in [1.54, 1.807) is 12.1 Å². The van der Waals surface area contributed by atoms with E-state index in [1.165, 1.54) is 0 Å². The Morgan fingerprint density at radius 2 is 1.70 bits per heavy atom. The third kappa shape index (κ3) is 8.35. The summed E-state index contributed by atoms with van der Waals surface area (Å²) in [5, 5.41) is 23.9. The Labute approximate surface area is 131 Å². The summed E-state index contributed by atoms with van der Waals surface area (Å²) in [6.45, 7) is 2.98. The monoisotopic (exact) mass is 324 g/mol. The van der Waals surface area contributed by atoms with Gasteiger partial charge in [0.15, 0.2) is 0 Å². The molecule has 0 radical (unpaired) electrons. The number of carbonyl (C=O) groups is 1. The Morgan fingerprint density at radius 3 is 2.35 bits per heavy atom. The van der Waals surface area contributed by atoms with Gasteiger partial charge in [0.05, 0.1) is 12.2 Å². The predicted molar refractivity (Wildman–Crippen MR) is 84.2 cm³/mol.